The van der Waals surface area contributed by atoms with Gasteiger partial charge in [-0.05, 0) is 20.4 Å². The van der Waals surface area contributed by atoms with Gasteiger partial charge in [-0.3, -0.25) is 4.79 Å². The number of hydrogen-bond acceptors (Lipinski definition) is 3. The van der Waals surface area contributed by atoms with Crippen LogP contribution in [0.2, 0.25) is 0 Å². The Morgan fingerprint density at radius 1 is 1.71 bits per heavy atom. The lowest BCUT2D eigenvalue weighted by Crippen LogP contribution is -2.50. The van der Waals surface area contributed by atoms with Crippen molar-refractivity contribution in [2.75, 3.05) is 13.6 Å². The van der Waals surface area contributed by atoms with Crippen LogP contribution in [0, 0.1) is 16.7 Å². The van der Waals surface area contributed by atoms with Crippen LogP contribution in [0.5, 0.6) is 0 Å². The number of rotatable bonds is 2. The van der Waals surface area contributed by atoms with Crippen LogP contribution in [0.3, 0.4) is 0 Å². The summed E-state index contributed by atoms with van der Waals surface area (Å²) in [5.74, 6) is 0.318. The first-order valence-electron chi connectivity index (χ1n) is 5.10. The topological polar surface area (TPSA) is 44.1 Å². The largest absolute Gasteiger partial charge is 0.302 e. The standard InChI is InChI=1S/C11H18N2O/c1-9-7-10(14)11(2,5-4-6-12)8-13(9)3/h9H,4-5,7-8H2,1-3H3/t9-,11-/m1/s1. The van der Waals surface area contributed by atoms with E-state index in [0.717, 1.165) is 6.54 Å². The van der Waals surface area contributed by atoms with Gasteiger partial charge in [0.15, 0.2) is 0 Å². The van der Waals surface area contributed by atoms with E-state index in [9.17, 15) is 4.79 Å². The quantitative estimate of drug-likeness (QED) is 0.670. The Kier molecular flexibility index (Phi) is 3.28. The fraction of sp³-hybridized carbons (Fsp3) is 0.818. The van der Waals surface area contributed by atoms with E-state index in [-0.39, 0.29) is 5.41 Å². The summed E-state index contributed by atoms with van der Waals surface area (Å²) in [6, 6.07) is 2.46. The van der Waals surface area contributed by atoms with Crippen molar-refractivity contribution in [3.63, 3.8) is 0 Å². The Balaban J connectivity index is 2.69. The van der Waals surface area contributed by atoms with Gasteiger partial charge in [0, 0.05) is 30.8 Å². The van der Waals surface area contributed by atoms with Crippen molar-refractivity contribution in [3.8, 4) is 6.07 Å². The molecule has 3 heteroatoms. The highest BCUT2D eigenvalue weighted by Gasteiger charge is 2.39. The summed E-state index contributed by atoms with van der Waals surface area (Å²) >= 11 is 0. The number of Topliss-reactive ketones (excluding diaryl/α,β-unsaturated/α-hetero) is 1. The summed E-state index contributed by atoms with van der Waals surface area (Å²) in [4.78, 5) is 14.0. The third-order valence-corrected chi connectivity index (χ3v) is 3.29. The number of carbonyl (C=O) groups is 1. The summed E-state index contributed by atoms with van der Waals surface area (Å²) in [5.41, 5.74) is -0.295. The van der Waals surface area contributed by atoms with Gasteiger partial charge in [0.25, 0.3) is 0 Å². The van der Waals surface area contributed by atoms with E-state index in [1.165, 1.54) is 0 Å². The fourth-order valence-electron chi connectivity index (χ4n) is 2.02. The number of piperidine rings is 1. The smallest absolute Gasteiger partial charge is 0.141 e. The van der Waals surface area contributed by atoms with Gasteiger partial charge in [0.05, 0.1) is 6.07 Å². The maximum absolute atomic E-state index is 11.8. The molecule has 1 rings (SSSR count). The highest BCUT2D eigenvalue weighted by atomic mass is 16.1. The molecule has 3 nitrogen and oxygen atoms in total. The molecule has 0 radical (unpaired) electrons. The van der Waals surface area contributed by atoms with Crippen LogP contribution in [0.1, 0.15) is 33.1 Å². The first kappa shape index (κ1) is 11.2. The maximum Gasteiger partial charge on any atom is 0.141 e. The van der Waals surface area contributed by atoms with E-state index < -0.39 is 0 Å². The molecular weight excluding hydrogens is 176 g/mol. The average molecular weight is 194 g/mol. The van der Waals surface area contributed by atoms with Crippen LogP contribution < -0.4 is 0 Å². The monoisotopic (exact) mass is 194 g/mol. The highest BCUT2D eigenvalue weighted by Crippen LogP contribution is 2.32. The van der Waals surface area contributed by atoms with Gasteiger partial charge in [-0.15, -0.1) is 0 Å². The van der Waals surface area contributed by atoms with Gasteiger partial charge in [-0.2, -0.15) is 5.26 Å². The molecule has 0 spiro atoms. The molecule has 0 saturated carbocycles. The van der Waals surface area contributed by atoms with Crippen molar-refractivity contribution in [1.29, 1.82) is 5.26 Å². The molecule has 0 N–H and O–H groups in total. The van der Waals surface area contributed by atoms with Crippen LogP contribution in [-0.2, 0) is 4.79 Å². The number of carbonyl (C=O) groups excluding carboxylic acids is 1. The van der Waals surface area contributed by atoms with E-state index in [1.54, 1.807) is 0 Å². The molecule has 0 amide bonds. The highest BCUT2D eigenvalue weighted by molar-refractivity contribution is 5.86. The molecule has 0 aliphatic carbocycles. The minimum atomic E-state index is -0.295. The number of nitriles is 1. The molecule has 14 heavy (non-hydrogen) atoms. The Morgan fingerprint density at radius 3 is 2.93 bits per heavy atom. The lowest BCUT2D eigenvalue weighted by Gasteiger charge is -2.40. The zero-order valence-electron chi connectivity index (χ0n) is 9.21. The van der Waals surface area contributed by atoms with Crippen molar-refractivity contribution >= 4 is 5.78 Å². The van der Waals surface area contributed by atoms with E-state index in [1.807, 2.05) is 14.0 Å². The van der Waals surface area contributed by atoms with Gasteiger partial charge in [0.1, 0.15) is 5.78 Å². The molecule has 1 aliphatic heterocycles. The van der Waals surface area contributed by atoms with Gasteiger partial charge >= 0.3 is 0 Å². The minimum absolute atomic E-state index is 0.295. The zero-order chi connectivity index (χ0) is 10.8. The molecule has 2 atom stereocenters. The second-order valence-corrected chi connectivity index (χ2v) is 4.61. The predicted octanol–water partition coefficient (Wildman–Crippen LogP) is 1.59. The summed E-state index contributed by atoms with van der Waals surface area (Å²) in [7, 11) is 2.04. The second-order valence-electron chi connectivity index (χ2n) is 4.61. The van der Waals surface area contributed by atoms with E-state index in [4.69, 9.17) is 5.26 Å². The molecule has 1 saturated heterocycles. The number of nitrogens with zero attached hydrogens (tertiary/aromatic N) is 2. The normalized spacial score (nSPS) is 34.1. The molecule has 1 fully saturated rings. The van der Waals surface area contributed by atoms with Crippen LogP contribution in [-0.4, -0.2) is 30.3 Å². The minimum Gasteiger partial charge on any atom is -0.302 e. The van der Waals surface area contributed by atoms with Gasteiger partial charge < -0.3 is 4.90 Å². The molecule has 78 valence electrons. The third kappa shape index (κ3) is 2.13. The molecule has 0 bridgehead atoms. The molecular formula is C11H18N2O. The van der Waals surface area contributed by atoms with Gasteiger partial charge in [-0.1, -0.05) is 6.92 Å². The van der Waals surface area contributed by atoms with Crippen molar-refractivity contribution in [2.45, 2.75) is 39.2 Å². The summed E-state index contributed by atoms with van der Waals surface area (Å²) < 4.78 is 0. The number of hydrogen-bond donors (Lipinski definition) is 0. The number of ketones is 1. The van der Waals surface area contributed by atoms with Gasteiger partial charge in [-0.25, -0.2) is 0 Å². The predicted molar refractivity (Wildman–Crippen MR) is 54.7 cm³/mol. The lowest BCUT2D eigenvalue weighted by molar-refractivity contribution is -0.134. The molecule has 1 aliphatic rings. The van der Waals surface area contributed by atoms with E-state index >= 15 is 0 Å². The van der Waals surface area contributed by atoms with Crippen LogP contribution in [0.15, 0.2) is 0 Å². The Hall–Kier alpha value is -0.880. The van der Waals surface area contributed by atoms with E-state index in [2.05, 4.69) is 17.9 Å². The molecule has 0 aromatic heterocycles. The van der Waals surface area contributed by atoms with E-state index in [0.29, 0.717) is 31.1 Å². The third-order valence-electron chi connectivity index (χ3n) is 3.29. The molecule has 0 unspecified atom stereocenters. The van der Waals surface area contributed by atoms with Gasteiger partial charge in [0.2, 0.25) is 0 Å². The fourth-order valence-corrected chi connectivity index (χ4v) is 2.02. The Morgan fingerprint density at radius 2 is 2.36 bits per heavy atom. The summed E-state index contributed by atoms with van der Waals surface area (Å²) in [6.45, 7) is 4.84. The van der Waals surface area contributed by atoms with Crippen LogP contribution in [0.4, 0.5) is 0 Å². The van der Waals surface area contributed by atoms with Crippen LogP contribution >= 0.6 is 0 Å². The molecule has 1 heterocycles. The Bertz CT molecular complexity index is 269. The zero-order valence-corrected chi connectivity index (χ0v) is 9.21. The molecule has 0 aromatic rings. The number of likely N-dealkylation sites (tertiary alicyclic amines) is 1. The van der Waals surface area contributed by atoms with Crippen molar-refractivity contribution < 1.29 is 4.79 Å². The van der Waals surface area contributed by atoms with Crippen molar-refractivity contribution in [1.82, 2.24) is 4.90 Å². The summed E-state index contributed by atoms with van der Waals surface area (Å²) in [6.07, 6.45) is 1.79. The molecule has 0 aromatic carbocycles. The lowest BCUT2D eigenvalue weighted by atomic mass is 9.75. The first-order valence-corrected chi connectivity index (χ1v) is 5.10. The average Bonchev–Trinajstić information content (AvgIpc) is 2.12. The van der Waals surface area contributed by atoms with Crippen molar-refractivity contribution in [3.05, 3.63) is 0 Å². The van der Waals surface area contributed by atoms with Crippen molar-refractivity contribution in [2.24, 2.45) is 5.41 Å². The first-order chi connectivity index (χ1) is 6.49. The van der Waals surface area contributed by atoms with Crippen LogP contribution in [0.25, 0.3) is 0 Å². The Labute approximate surface area is 85.7 Å². The second kappa shape index (κ2) is 4.10. The summed E-state index contributed by atoms with van der Waals surface area (Å²) in [5, 5.41) is 8.54. The maximum atomic E-state index is 11.8. The SMILES string of the molecule is C[C@@H]1CC(=O)[C@](C)(CCC#N)CN1C.